The van der Waals surface area contributed by atoms with Crippen LogP contribution in [0.1, 0.15) is 29.1 Å². The van der Waals surface area contributed by atoms with Crippen molar-refractivity contribution in [3.05, 3.63) is 63.8 Å². The lowest BCUT2D eigenvalue weighted by Crippen LogP contribution is -2.28. The van der Waals surface area contributed by atoms with Gasteiger partial charge in [0.05, 0.1) is 30.2 Å². The van der Waals surface area contributed by atoms with Crippen LogP contribution in [-0.4, -0.2) is 22.7 Å². The van der Waals surface area contributed by atoms with Gasteiger partial charge in [-0.05, 0) is 38.1 Å². The summed E-state index contributed by atoms with van der Waals surface area (Å²) in [4.78, 5) is 18.5. The molecule has 7 heteroatoms. The second-order valence-corrected chi connectivity index (χ2v) is 7.68. The summed E-state index contributed by atoms with van der Waals surface area (Å²) >= 11 is 0. The largest absolute Gasteiger partial charge is 0.375 e. The number of aromatic nitrogens is 2. The number of anilines is 2. The van der Waals surface area contributed by atoms with Crippen LogP contribution in [0.15, 0.2) is 41.2 Å². The fraction of sp³-hybridized carbons (Fsp3) is 0.292. The van der Waals surface area contributed by atoms with E-state index >= 15 is 4.39 Å². The van der Waals surface area contributed by atoms with Gasteiger partial charge >= 0.3 is 5.69 Å². The smallest absolute Gasteiger partial charge is 0.349 e. The zero-order chi connectivity index (χ0) is 24.7. The highest BCUT2D eigenvalue weighted by molar-refractivity contribution is 5.92. The molecule has 1 aliphatic heterocycles. The third-order valence-electron chi connectivity index (χ3n) is 5.04. The van der Waals surface area contributed by atoms with Crippen LogP contribution in [0.25, 0.3) is 10.9 Å². The van der Waals surface area contributed by atoms with Crippen molar-refractivity contribution in [1.29, 1.82) is 5.26 Å². The third kappa shape index (κ3) is 3.76. The Morgan fingerprint density at radius 3 is 2.87 bits per heavy atom. The highest BCUT2D eigenvalue weighted by atomic mass is 19.1. The number of rotatable bonds is 1. The van der Waals surface area contributed by atoms with E-state index in [0.717, 1.165) is 0 Å². The van der Waals surface area contributed by atoms with E-state index < -0.39 is 23.9 Å². The Kier molecular flexibility index (Phi) is 4.32. The lowest BCUT2D eigenvalue weighted by Gasteiger charge is -2.25. The molecule has 0 fully saturated rings. The number of nitriles is 1. The SMILES string of the molecule is [2H]C([2H])([2H])n1c(=O)nc(N2CCOCc3c(C#CC(C)(C)C#N)cccc32)c2c(F)cccc21. The zero-order valence-corrected chi connectivity index (χ0v) is 17.1. The first-order valence-electron chi connectivity index (χ1n) is 11.2. The maximum atomic E-state index is 15.1. The van der Waals surface area contributed by atoms with Crippen LogP contribution in [0.3, 0.4) is 0 Å². The molecule has 0 bridgehead atoms. The normalized spacial score (nSPS) is 15.5. The Balaban J connectivity index is 1.99. The summed E-state index contributed by atoms with van der Waals surface area (Å²) in [5.41, 5.74) is 0.0114. The van der Waals surface area contributed by atoms with Crippen molar-refractivity contribution >= 4 is 22.4 Å². The topological polar surface area (TPSA) is 71.2 Å². The van der Waals surface area contributed by atoms with Crippen LogP contribution in [0.4, 0.5) is 15.9 Å². The van der Waals surface area contributed by atoms with E-state index in [4.69, 9.17) is 8.85 Å². The molecule has 0 radical (unpaired) electrons. The van der Waals surface area contributed by atoms with Crippen LogP contribution in [0, 0.1) is 34.4 Å². The number of benzene rings is 2. The standard InChI is InChI=1S/C24H21FN4O2/c1-24(2,15-26)11-10-16-6-4-8-19-17(16)14-31-13-12-29(19)22-21-18(25)7-5-9-20(21)28(3)23(30)27-22/h4-9H,12-14H2,1-3H3/i3D3. The molecular formula is C24H21FN4O2. The molecule has 6 nitrogen and oxygen atoms in total. The van der Waals surface area contributed by atoms with Crippen molar-refractivity contribution in [2.24, 2.45) is 12.4 Å². The minimum absolute atomic E-state index is 0.00724. The number of nitrogens with zero attached hydrogens (tertiary/aromatic N) is 4. The molecule has 1 aliphatic rings. The number of aryl methyl sites for hydroxylation is 1. The molecule has 0 atom stereocenters. The van der Waals surface area contributed by atoms with Crippen molar-refractivity contribution < 1.29 is 13.2 Å². The zero-order valence-electron chi connectivity index (χ0n) is 20.1. The Hall–Kier alpha value is -3.68. The van der Waals surface area contributed by atoms with Crippen molar-refractivity contribution in [3.63, 3.8) is 0 Å². The number of hydrogen-bond acceptors (Lipinski definition) is 5. The number of fused-ring (bicyclic) bond motifs is 2. The van der Waals surface area contributed by atoms with Gasteiger partial charge in [0.15, 0.2) is 5.82 Å². The highest BCUT2D eigenvalue weighted by Crippen LogP contribution is 2.35. The van der Waals surface area contributed by atoms with Crippen LogP contribution in [-0.2, 0) is 18.3 Å². The fourth-order valence-corrected chi connectivity index (χ4v) is 3.43. The minimum Gasteiger partial charge on any atom is -0.375 e. The van der Waals surface area contributed by atoms with Gasteiger partial charge in [0, 0.05) is 34.4 Å². The lowest BCUT2D eigenvalue weighted by atomic mass is 9.95. The Labute approximate surface area is 183 Å². The van der Waals surface area contributed by atoms with Crippen LogP contribution >= 0.6 is 0 Å². The molecule has 2 aromatic carbocycles. The van der Waals surface area contributed by atoms with E-state index in [1.165, 1.54) is 18.2 Å². The van der Waals surface area contributed by atoms with E-state index in [-0.39, 0.29) is 36.5 Å². The summed E-state index contributed by atoms with van der Waals surface area (Å²) in [6.07, 6.45) is 0. The molecule has 0 unspecified atom stereocenters. The van der Waals surface area contributed by atoms with Gasteiger partial charge in [-0.1, -0.05) is 24.0 Å². The van der Waals surface area contributed by atoms with E-state index in [2.05, 4.69) is 22.9 Å². The van der Waals surface area contributed by atoms with Crippen molar-refractivity contribution in [1.82, 2.24) is 9.55 Å². The average molecular weight is 419 g/mol. The number of halogens is 1. The Bertz CT molecular complexity index is 1450. The average Bonchev–Trinajstić information content (AvgIpc) is 2.99. The van der Waals surface area contributed by atoms with Crippen LogP contribution in [0.5, 0.6) is 0 Å². The molecule has 31 heavy (non-hydrogen) atoms. The van der Waals surface area contributed by atoms with Gasteiger partial charge in [-0.2, -0.15) is 10.2 Å². The van der Waals surface area contributed by atoms with Gasteiger partial charge in [0.2, 0.25) is 0 Å². The monoisotopic (exact) mass is 419 g/mol. The van der Waals surface area contributed by atoms with Crippen molar-refractivity contribution in [3.8, 4) is 17.9 Å². The first-order valence-corrected chi connectivity index (χ1v) is 9.67. The van der Waals surface area contributed by atoms with Crippen LogP contribution in [0.2, 0.25) is 0 Å². The molecule has 0 saturated heterocycles. The van der Waals surface area contributed by atoms with Gasteiger partial charge in [-0.3, -0.25) is 4.57 Å². The molecule has 0 saturated carbocycles. The first-order chi connectivity index (χ1) is 16.0. The highest BCUT2D eigenvalue weighted by Gasteiger charge is 2.24. The second-order valence-electron chi connectivity index (χ2n) is 7.68. The van der Waals surface area contributed by atoms with E-state index in [9.17, 15) is 10.1 Å². The van der Waals surface area contributed by atoms with E-state index in [0.29, 0.717) is 21.4 Å². The fourth-order valence-electron chi connectivity index (χ4n) is 3.43. The number of ether oxygens (including phenoxy) is 1. The van der Waals surface area contributed by atoms with Gasteiger partial charge < -0.3 is 9.64 Å². The lowest BCUT2D eigenvalue weighted by molar-refractivity contribution is 0.133. The molecule has 1 aromatic heterocycles. The minimum atomic E-state index is -2.83. The quantitative estimate of drug-likeness (QED) is 0.563. The molecule has 0 spiro atoms. The molecule has 0 amide bonds. The van der Waals surface area contributed by atoms with Crippen molar-refractivity contribution in [2.45, 2.75) is 20.5 Å². The van der Waals surface area contributed by atoms with Gasteiger partial charge in [-0.25, -0.2) is 9.18 Å². The number of hydrogen-bond donors (Lipinski definition) is 0. The molecule has 0 aliphatic carbocycles. The molecule has 2 heterocycles. The molecule has 4 rings (SSSR count). The molecule has 3 aromatic rings. The summed E-state index contributed by atoms with van der Waals surface area (Å²) in [7, 11) is 0. The van der Waals surface area contributed by atoms with Gasteiger partial charge in [0.25, 0.3) is 0 Å². The molecular weight excluding hydrogens is 395 g/mol. The maximum absolute atomic E-state index is 15.1. The summed E-state index contributed by atoms with van der Waals surface area (Å²) in [5, 5.41) is 9.20. The van der Waals surface area contributed by atoms with E-state index in [1.807, 2.05) is 0 Å². The predicted octanol–water partition coefficient (Wildman–Crippen LogP) is 3.64. The summed E-state index contributed by atoms with van der Waals surface area (Å²) in [5.74, 6) is 5.29. The summed E-state index contributed by atoms with van der Waals surface area (Å²) in [6.45, 7) is 1.32. The summed E-state index contributed by atoms with van der Waals surface area (Å²) < 4.78 is 44.6. The third-order valence-corrected chi connectivity index (χ3v) is 5.04. The maximum Gasteiger partial charge on any atom is 0.349 e. The van der Waals surface area contributed by atoms with Crippen LogP contribution < -0.4 is 10.6 Å². The van der Waals surface area contributed by atoms with Gasteiger partial charge in [0.1, 0.15) is 11.2 Å². The first kappa shape index (κ1) is 17.0. The molecule has 0 N–H and O–H groups in total. The Morgan fingerprint density at radius 1 is 1.29 bits per heavy atom. The molecule has 156 valence electrons. The predicted molar refractivity (Wildman–Crippen MR) is 116 cm³/mol. The van der Waals surface area contributed by atoms with E-state index in [1.54, 1.807) is 36.9 Å². The second kappa shape index (κ2) is 7.86. The van der Waals surface area contributed by atoms with Gasteiger partial charge in [-0.15, -0.1) is 0 Å². The Morgan fingerprint density at radius 2 is 2.10 bits per heavy atom. The van der Waals surface area contributed by atoms with Crippen molar-refractivity contribution in [2.75, 3.05) is 18.1 Å². The summed E-state index contributed by atoms with van der Waals surface area (Å²) in [6, 6.07) is 11.4.